The van der Waals surface area contributed by atoms with Crippen LogP contribution < -0.4 is 20.1 Å². The molecule has 2 heterocycles. The lowest BCUT2D eigenvalue weighted by Gasteiger charge is -2.37. The van der Waals surface area contributed by atoms with Gasteiger partial charge in [-0.25, -0.2) is 13.8 Å². The molecule has 6 nitrogen and oxygen atoms in total. The van der Waals surface area contributed by atoms with Crippen LogP contribution in [0.2, 0.25) is 0 Å². The molecule has 1 aromatic heterocycles. The Labute approximate surface area is 155 Å². The standard InChI is InChI=1S/C19H22F2N4O2/c1-27-16-5-3-2-4-15(16)24-8-10-25(11-9-24)18-22-14-6-7-19(20,21)12-13(14)17(26)23-18/h2-5H,6-12H2,1H3,(H,22,23,26). The summed E-state index contributed by atoms with van der Waals surface area (Å²) < 4.78 is 32.6. The van der Waals surface area contributed by atoms with E-state index in [0.29, 0.717) is 24.7 Å². The maximum Gasteiger partial charge on any atom is 0.255 e. The predicted octanol–water partition coefficient (Wildman–Crippen LogP) is 2.23. The summed E-state index contributed by atoms with van der Waals surface area (Å²) in [5, 5.41) is 0. The van der Waals surface area contributed by atoms with Crippen molar-refractivity contribution >= 4 is 11.6 Å². The zero-order valence-corrected chi connectivity index (χ0v) is 15.2. The number of benzene rings is 1. The molecule has 4 rings (SSSR count). The first kappa shape index (κ1) is 17.8. The molecule has 27 heavy (non-hydrogen) atoms. The van der Waals surface area contributed by atoms with Crippen LogP contribution in [0.25, 0.3) is 0 Å². The molecule has 1 N–H and O–H groups in total. The Morgan fingerprint density at radius 2 is 1.85 bits per heavy atom. The number of piperazine rings is 1. The Balaban J connectivity index is 1.51. The number of anilines is 2. The molecule has 0 saturated carbocycles. The van der Waals surface area contributed by atoms with Crippen molar-refractivity contribution in [1.29, 1.82) is 0 Å². The number of hydrogen-bond donors (Lipinski definition) is 1. The molecule has 2 aliphatic rings. The predicted molar refractivity (Wildman–Crippen MR) is 99.2 cm³/mol. The Kier molecular flexibility index (Phi) is 4.49. The molecule has 0 atom stereocenters. The van der Waals surface area contributed by atoms with Crippen LogP contribution in [0.1, 0.15) is 17.7 Å². The van der Waals surface area contributed by atoms with E-state index in [1.165, 1.54) is 0 Å². The van der Waals surface area contributed by atoms with Crippen molar-refractivity contribution < 1.29 is 13.5 Å². The number of nitrogens with zero attached hydrogens (tertiary/aromatic N) is 3. The maximum absolute atomic E-state index is 13.6. The Hall–Kier alpha value is -2.64. The van der Waals surface area contributed by atoms with Gasteiger partial charge in [-0.3, -0.25) is 9.78 Å². The molecule has 1 fully saturated rings. The third-order valence-electron chi connectivity index (χ3n) is 5.26. The normalized spacial score (nSPS) is 18.9. The lowest BCUT2D eigenvalue weighted by Crippen LogP contribution is -2.48. The number of nitrogens with one attached hydrogen (secondary N) is 1. The highest BCUT2D eigenvalue weighted by Crippen LogP contribution is 2.31. The number of para-hydroxylation sites is 2. The van der Waals surface area contributed by atoms with Crippen LogP contribution >= 0.6 is 0 Å². The van der Waals surface area contributed by atoms with Crippen LogP contribution in [0.5, 0.6) is 5.75 Å². The van der Waals surface area contributed by atoms with Crippen LogP contribution in [0.4, 0.5) is 20.4 Å². The summed E-state index contributed by atoms with van der Waals surface area (Å²) in [6, 6.07) is 7.86. The number of H-pyrrole nitrogens is 1. The molecular weight excluding hydrogens is 354 g/mol. The highest BCUT2D eigenvalue weighted by Gasteiger charge is 2.36. The van der Waals surface area contributed by atoms with E-state index in [0.717, 1.165) is 24.5 Å². The highest BCUT2D eigenvalue weighted by atomic mass is 19.3. The summed E-state index contributed by atoms with van der Waals surface area (Å²) in [4.78, 5) is 23.7. The second kappa shape index (κ2) is 6.83. The largest absolute Gasteiger partial charge is 0.495 e. The third kappa shape index (κ3) is 3.48. The number of halogens is 2. The van der Waals surface area contributed by atoms with E-state index in [1.807, 2.05) is 29.2 Å². The van der Waals surface area contributed by atoms with Crippen molar-refractivity contribution in [2.75, 3.05) is 43.1 Å². The molecule has 1 aromatic carbocycles. The number of methoxy groups -OCH3 is 1. The van der Waals surface area contributed by atoms with Crippen LogP contribution in [-0.4, -0.2) is 49.2 Å². The Morgan fingerprint density at radius 1 is 1.15 bits per heavy atom. The number of rotatable bonds is 3. The fourth-order valence-electron chi connectivity index (χ4n) is 3.77. The maximum atomic E-state index is 13.6. The van der Waals surface area contributed by atoms with Crippen molar-refractivity contribution in [2.24, 2.45) is 0 Å². The van der Waals surface area contributed by atoms with Gasteiger partial charge in [0.05, 0.1) is 18.5 Å². The van der Waals surface area contributed by atoms with Crippen LogP contribution in [0, 0.1) is 0 Å². The first-order valence-corrected chi connectivity index (χ1v) is 9.10. The first-order chi connectivity index (χ1) is 13.0. The van der Waals surface area contributed by atoms with Crippen LogP contribution in [0.15, 0.2) is 29.1 Å². The minimum absolute atomic E-state index is 0.127. The number of ether oxygens (including phenoxy) is 1. The van der Waals surface area contributed by atoms with Gasteiger partial charge >= 0.3 is 0 Å². The van der Waals surface area contributed by atoms with Gasteiger partial charge in [0.2, 0.25) is 5.95 Å². The quantitative estimate of drug-likeness (QED) is 0.890. The van der Waals surface area contributed by atoms with Crippen molar-refractivity contribution in [3.63, 3.8) is 0 Å². The van der Waals surface area contributed by atoms with Gasteiger partial charge in [0.1, 0.15) is 5.75 Å². The van der Waals surface area contributed by atoms with Crippen LogP contribution in [0.3, 0.4) is 0 Å². The summed E-state index contributed by atoms with van der Waals surface area (Å²) >= 11 is 0. The van der Waals surface area contributed by atoms with E-state index < -0.39 is 17.9 Å². The van der Waals surface area contributed by atoms with Gasteiger partial charge in [-0.05, 0) is 18.6 Å². The van der Waals surface area contributed by atoms with Crippen molar-refractivity contribution in [3.8, 4) is 5.75 Å². The van der Waals surface area contributed by atoms with Gasteiger partial charge in [-0.15, -0.1) is 0 Å². The molecule has 8 heteroatoms. The molecule has 0 amide bonds. The monoisotopic (exact) mass is 376 g/mol. The fourth-order valence-corrected chi connectivity index (χ4v) is 3.77. The highest BCUT2D eigenvalue weighted by molar-refractivity contribution is 5.59. The number of hydrogen-bond acceptors (Lipinski definition) is 5. The summed E-state index contributed by atoms with van der Waals surface area (Å²) in [5.74, 6) is -1.51. The van der Waals surface area contributed by atoms with Gasteiger partial charge in [0.25, 0.3) is 11.5 Å². The Bertz CT molecular complexity index is 892. The molecular formula is C19H22F2N4O2. The minimum Gasteiger partial charge on any atom is -0.495 e. The van der Waals surface area contributed by atoms with Gasteiger partial charge < -0.3 is 14.5 Å². The van der Waals surface area contributed by atoms with Crippen LogP contribution in [-0.2, 0) is 12.8 Å². The fraction of sp³-hybridized carbons (Fsp3) is 0.474. The SMILES string of the molecule is COc1ccccc1N1CCN(c2nc3c(c(=O)[nH]2)CC(F)(F)CC3)CC1. The summed E-state index contributed by atoms with van der Waals surface area (Å²) in [6.07, 6.45) is -0.634. The van der Waals surface area contributed by atoms with E-state index in [-0.39, 0.29) is 18.4 Å². The average Bonchev–Trinajstić information content (AvgIpc) is 2.68. The molecule has 144 valence electrons. The molecule has 1 aliphatic carbocycles. The molecule has 0 unspecified atom stereocenters. The smallest absolute Gasteiger partial charge is 0.255 e. The Morgan fingerprint density at radius 3 is 2.59 bits per heavy atom. The summed E-state index contributed by atoms with van der Waals surface area (Å²) in [6.45, 7) is 2.85. The molecule has 1 aliphatic heterocycles. The van der Waals surface area contributed by atoms with Crippen molar-refractivity contribution in [1.82, 2.24) is 9.97 Å². The molecule has 0 radical (unpaired) electrons. The molecule has 2 aromatic rings. The van der Waals surface area contributed by atoms with Crippen molar-refractivity contribution in [2.45, 2.75) is 25.2 Å². The number of aromatic nitrogens is 2. The third-order valence-corrected chi connectivity index (χ3v) is 5.26. The number of alkyl halides is 2. The average molecular weight is 376 g/mol. The van der Waals surface area contributed by atoms with Gasteiger partial charge in [0, 0.05) is 44.6 Å². The van der Waals surface area contributed by atoms with E-state index in [4.69, 9.17) is 4.74 Å². The molecule has 0 bridgehead atoms. The second-order valence-electron chi connectivity index (χ2n) is 6.99. The first-order valence-electron chi connectivity index (χ1n) is 9.10. The van der Waals surface area contributed by atoms with Gasteiger partial charge in [-0.1, -0.05) is 12.1 Å². The number of aromatic amines is 1. The lowest BCUT2D eigenvalue weighted by molar-refractivity contribution is -0.0132. The number of fused-ring (bicyclic) bond motifs is 1. The zero-order chi connectivity index (χ0) is 19.0. The van der Waals surface area contributed by atoms with Gasteiger partial charge in [-0.2, -0.15) is 0 Å². The lowest BCUT2D eigenvalue weighted by atomic mass is 9.94. The topological polar surface area (TPSA) is 61.5 Å². The van der Waals surface area contributed by atoms with E-state index >= 15 is 0 Å². The summed E-state index contributed by atoms with van der Waals surface area (Å²) in [7, 11) is 1.65. The zero-order valence-electron chi connectivity index (χ0n) is 15.2. The molecule has 1 saturated heterocycles. The van der Waals surface area contributed by atoms with E-state index in [1.54, 1.807) is 7.11 Å². The number of aryl methyl sites for hydroxylation is 1. The minimum atomic E-state index is -2.82. The van der Waals surface area contributed by atoms with Crippen molar-refractivity contribution in [3.05, 3.63) is 45.9 Å². The van der Waals surface area contributed by atoms with E-state index in [9.17, 15) is 13.6 Å². The second-order valence-corrected chi connectivity index (χ2v) is 6.99. The van der Waals surface area contributed by atoms with Gasteiger partial charge in [0.15, 0.2) is 0 Å². The van der Waals surface area contributed by atoms with E-state index in [2.05, 4.69) is 14.9 Å². The summed E-state index contributed by atoms with van der Waals surface area (Å²) in [5.41, 5.74) is 1.23. The molecule has 0 spiro atoms.